The number of hydrogen-bond donors (Lipinski definition) is 1. The first-order chi connectivity index (χ1) is 7.61. The molecule has 0 saturated carbocycles. The molecule has 0 aromatic heterocycles. The first-order valence-corrected chi connectivity index (χ1v) is 6.30. The molecule has 1 rings (SSSR count). The van der Waals surface area contributed by atoms with Crippen LogP contribution in [0.1, 0.15) is 12.5 Å². The van der Waals surface area contributed by atoms with Crippen molar-refractivity contribution in [2.45, 2.75) is 13.8 Å². The van der Waals surface area contributed by atoms with Gasteiger partial charge in [0.05, 0.1) is 6.61 Å². The van der Waals surface area contributed by atoms with Crippen LogP contribution in [0.4, 0.5) is 10.5 Å². The monoisotopic (exact) mass is 285 g/mol. The summed E-state index contributed by atoms with van der Waals surface area (Å²) in [4.78, 5) is 11.4. The molecule has 88 valence electrons. The van der Waals surface area contributed by atoms with Crippen LogP contribution in [0.5, 0.6) is 0 Å². The maximum Gasteiger partial charge on any atom is 0.411 e. The quantitative estimate of drug-likeness (QED) is 0.859. The van der Waals surface area contributed by atoms with Gasteiger partial charge in [0.1, 0.15) is 0 Å². The molecular formula is C12H16BrNO2. The molecular weight excluding hydrogens is 270 g/mol. The normalized spacial score (nSPS) is 11.9. The number of carbonyl (C=O) groups excluding carboxylic acids is 1. The lowest BCUT2D eigenvalue weighted by Gasteiger charge is -2.10. The fourth-order valence-corrected chi connectivity index (χ4v) is 1.33. The van der Waals surface area contributed by atoms with Crippen molar-refractivity contribution in [2.75, 3.05) is 17.3 Å². The second-order valence-corrected chi connectivity index (χ2v) is 4.50. The lowest BCUT2D eigenvalue weighted by molar-refractivity contribution is 0.148. The van der Waals surface area contributed by atoms with Gasteiger partial charge in [-0.2, -0.15) is 0 Å². The van der Waals surface area contributed by atoms with Crippen LogP contribution >= 0.6 is 15.9 Å². The Hall–Kier alpha value is -1.03. The summed E-state index contributed by atoms with van der Waals surface area (Å²) in [7, 11) is 0. The zero-order valence-electron chi connectivity index (χ0n) is 9.50. The van der Waals surface area contributed by atoms with E-state index in [1.54, 1.807) is 0 Å². The van der Waals surface area contributed by atoms with E-state index >= 15 is 0 Å². The molecule has 1 atom stereocenters. The van der Waals surface area contributed by atoms with Crippen molar-refractivity contribution in [1.29, 1.82) is 0 Å². The highest BCUT2D eigenvalue weighted by Gasteiger charge is 2.06. The van der Waals surface area contributed by atoms with Gasteiger partial charge in [-0.3, -0.25) is 5.32 Å². The van der Waals surface area contributed by atoms with Crippen molar-refractivity contribution in [3.05, 3.63) is 29.8 Å². The molecule has 0 heterocycles. The maximum atomic E-state index is 11.4. The van der Waals surface area contributed by atoms with Crippen molar-refractivity contribution in [3.63, 3.8) is 0 Å². The minimum atomic E-state index is -0.404. The fourth-order valence-electron chi connectivity index (χ4n) is 1.14. The van der Waals surface area contributed by atoms with Crippen LogP contribution in [0.2, 0.25) is 0 Å². The standard InChI is InChI=1S/C12H16BrNO2/c1-9-4-3-5-11(6-9)14-12(15)16-8-10(2)7-13/h3-6,10H,7-8H2,1-2H3,(H,14,15). The Morgan fingerprint density at radius 2 is 2.31 bits per heavy atom. The van der Waals surface area contributed by atoms with E-state index in [9.17, 15) is 4.79 Å². The molecule has 0 saturated heterocycles. The Bertz CT molecular complexity index is 355. The predicted octanol–water partition coefficient (Wildman–Crippen LogP) is 3.57. The van der Waals surface area contributed by atoms with Gasteiger partial charge in [0, 0.05) is 16.9 Å². The largest absolute Gasteiger partial charge is 0.449 e. The summed E-state index contributed by atoms with van der Waals surface area (Å²) < 4.78 is 5.06. The number of benzene rings is 1. The molecule has 1 aromatic carbocycles. The SMILES string of the molecule is Cc1cccc(NC(=O)OCC(C)CBr)c1. The number of rotatable bonds is 4. The first kappa shape index (κ1) is 13.0. The Kier molecular flexibility index (Phi) is 5.32. The summed E-state index contributed by atoms with van der Waals surface area (Å²) in [5.74, 6) is 0.322. The smallest absolute Gasteiger partial charge is 0.411 e. The average Bonchev–Trinajstić information content (AvgIpc) is 2.26. The van der Waals surface area contributed by atoms with Gasteiger partial charge in [-0.15, -0.1) is 0 Å². The number of hydrogen-bond acceptors (Lipinski definition) is 2. The number of nitrogens with one attached hydrogen (secondary N) is 1. The summed E-state index contributed by atoms with van der Waals surface area (Å²) in [5, 5.41) is 3.51. The Morgan fingerprint density at radius 1 is 1.56 bits per heavy atom. The van der Waals surface area contributed by atoms with E-state index in [0.717, 1.165) is 16.6 Å². The van der Waals surface area contributed by atoms with Gasteiger partial charge in [0.15, 0.2) is 0 Å². The van der Waals surface area contributed by atoms with Crippen molar-refractivity contribution < 1.29 is 9.53 Å². The van der Waals surface area contributed by atoms with Crippen molar-refractivity contribution >= 4 is 27.7 Å². The summed E-state index contributed by atoms with van der Waals surface area (Å²) >= 11 is 3.33. The van der Waals surface area contributed by atoms with Crippen molar-refractivity contribution in [2.24, 2.45) is 5.92 Å². The summed E-state index contributed by atoms with van der Waals surface area (Å²) in [6.07, 6.45) is -0.404. The van der Waals surface area contributed by atoms with Crippen LogP contribution in [-0.2, 0) is 4.74 Å². The molecule has 0 aliphatic heterocycles. The predicted molar refractivity (Wildman–Crippen MR) is 69.1 cm³/mol. The summed E-state index contributed by atoms with van der Waals surface area (Å²) in [6.45, 7) is 4.40. The number of carbonyl (C=O) groups is 1. The minimum absolute atomic E-state index is 0.322. The van der Waals surface area contributed by atoms with Gasteiger partial charge in [0.2, 0.25) is 0 Å². The molecule has 1 N–H and O–H groups in total. The molecule has 1 aromatic rings. The van der Waals surface area contributed by atoms with Crippen LogP contribution in [0, 0.1) is 12.8 Å². The second kappa shape index (κ2) is 6.53. The number of alkyl halides is 1. The first-order valence-electron chi connectivity index (χ1n) is 5.18. The highest BCUT2D eigenvalue weighted by atomic mass is 79.9. The molecule has 1 amide bonds. The molecule has 1 unspecified atom stereocenters. The van der Waals surface area contributed by atoms with E-state index in [4.69, 9.17) is 4.74 Å². The maximum absolute atomic E-state index is 11.4. The molecule has 0 bridgehead atoms. The molecule has 0 aliphatic rings. The number of amides is 1. The van der Waals surface area contributed by atoms with E-state index in [2.05, 4.69) is 21.2 Å². The van der Waals surface area contributed by atoms with Gasteiger partial charge in [-0.05, 0) is 24.6 Å². The lowest BCUT2D eigenvalue weighted by atomic mass is 10.2. The van der Waals surface area contributed by atoms with Crippen molar-refractivity contribution in [3.8, 4) is 0 Å². The van der Waals surface area contributed by atoms with Crippen molar-refractivity contribution in [1.82, 2.24) is 0 Å². The highest BCUT2D eigenvalue weighted by molar-refractivity contribution is 9.09. The molecule has 3 nitrogen and oxygen atoms in total. The van der Waals surface area contributed by atoms with E-state index in [0.29, 0.717) is 12.5 Å². The van der Waals surface area contributed by atoms with E-state index in [-0.39, 0.29) is 0 Å². The third-order valence-corrected chi connectivity index (χ3v) is 3.13. The average molecular weight is 286 g/mol. The molecule has 0 aliphatic carbocycles. The Labute approximate surface area is 104 Å². The topological polar surface area (TPSA) is 38.3 Å². The number of anilines is 1. The zero-order valence-corrected chi connectivity index (χ0v) is 11.1. The molecule has 0 spiro atoms. The minimum Gasteiger partial charge on any atom is -0.449 e. The number of aryl methyl sites for hydroxylation is 1. The van der Waals surface area contributed by atoms with Gasteiger partial charge >= 0.3 is 6.09 Å². The van der Waals surface area contributed by atoms with Crippen LogP contribution in [-0.4, -0.2) is 18.0 Å². The van der Waals surface area contributed by atoms with Gasteiger partial charge in [-0.25, -0.2) is 4.79 Å². The summed E-state index contributed by atoms with van der Waals surface area (Å²) in [6, 6.07) is 7.60. The Morgan fingerprint density at radius 3 is 2.94 bits per heavy atom. The van der Waals surface area contributed by atoms with Gasteiger partial charge in [0.25, 0.3) is 0 Å². The van der Waals surface area contributed by atoms with Crippen LogP contribution < -0.4 is 5.32 Å². The zero-order chi connectivity index (χ0) is 12.0. The van der Waals surface area contributed by atoms with Crippen LogP contribution in [0.25, 0.3) is 0 Å². The summed E-state index contributed by atoms with van der Waals surface area (Å²) in [5.41, 5.74) is 1.86. The third kappa shape index (κ3) is 4.66. The van der Waals surface area contributed by atoms with E-state index in [1.165, 1.54) is 0 Å². The molecule has 4 heteroatoms. The van der Waals surface area contributed by atoms with Gasteiger partial charge in [-0.1, -0.05) is 35.0 Å². The Balaban J connectivity index is 2.40. The highest BCUT2D eigenvalue weighted by Crippen LogP contribution is 2.10. The third-order valence-electron chi connectivity index (χ3n) is 2.03. The second-order valence-electron chi connectivity index (χ2n) is 3.85. The van der Waals surface area contributed by atoms with E-state index < -0.39 is 6.09 Å². The van der Waals surface area contributed by atoms with Crippen LogP contribution in [0.15, 0.2) is 24.3 Å². The van der Waals surface area contributed by atoms with E-state index in [1.807, 2.05) is 38.1 Å². The molecule has 16 heavy (non-hydrogen) atoms. The van der Waals surface area contributed by atoms with Crippen LogP contribution in [0.3, 0.4) is 0 Å². The molecule has 0 fully saturated rings. The molecule has 0 radical (unpaired) electrons. The number of ether oxygens (including phenoxy) is 1. The lowest BCUT2D eigenvalue weighted by Crippen LogP contribution is -2.18. The fraction of sp³-hybridized carbons (Fsp3) is 0.417. The number of halogens is 1. The van der Waals surface area contributed by atoms with Gasteiger partial charge < -0.3 is 4.74 Å².